The third-order valence-corrected chi connectivity index (χ3v) is 6.23. The summed E-state index contributed by atoms with van der Waals surface area (Å²) >= 11 is 0. The number of hydrogen-bond acceptors (Lipinski definition) is 5. The number of ether oxygens (including phenoxy) is 1. The van der Waals surface area contributed by atoms with Crippen molar-refractivity contribution in [3.8, 4) is 0 Å². The van der Waals surface area contributed by atoms with Gasteiger partial charge in [0.2, 0.25) is 10.0 Å². The smallest absolute Gasteiger partial charge is 0.406 e. The van der Waals surface area contributed by atoms with Crippen LogP contribution in [0.5, 0.6) is 0 Å². The van der Waals surface area contributed by atoms with E-state index in [0.717, 1.165) is 6.07 Å². The highest BCUT2D eigenvalue weighted by molar-refractivity contribution is 7.89. The molecule has 0 spiro atoms. The van der Waals surface area contributed by atoms with Gasteiger partial charge in [-0.2, -0.15) is 17.5 Å². The Balaban J connectivity index is 3.35. The Labute approximate surface area is 168 Å². The molecule has 0 radical (unpaired) electrons. The molecule has 7 nitrogen and oxygen atoms in total. The van der Waals surface area contributed by atoms with Gasteiger partial charge in [0.15, 0.2) is 0 Å². The molecule has 0 aromatic heterocycles. The number of alkyl halides is 3. The number of halogens is 3. The summed E-state index contributed by atoms with van der Waals surface area (Å²) in [6.45, 7) is 4.07. The van der Waals surface area contributed by atoms with E-state index in [0.29, 0.717) is 5.56 Å². The number of nitrogens with zero attached hydrogens (tertiary/aromatic N) is 2. The van der Waals surface area contributed by atoms with Crippen molar-refractivity contribution in [2.45, 2.75) is 38.8 Å². The first kappa shape index (κ1) is 24.9. The maximum atomic E-state index is 12.9. The first-order valence-electron chi connectivity index (χ1n) is 8.99. The molecule has 0 heterocycles. The van der Waals surface area contributed by atoms with Crippen LogP contribution in [0.3, 0.4) is 0 Å². The van der Waals surface area contributed by atoms with Crippen LogP contribution in [0.25, 0.3) is 0 Å². The number of benzene rings is 1. The third kappa shape index (κ3) is 6.70. The summed E-state index contributed by atoms with van der Waals surface area (Å²) in [4.78, 5) is 24.4. The molecule has 1 aromatic rings. The van der Waals surface area contributed by atoms with Crippen LogP contribution in [0, 0.1) is 6.92 Å². The van der Waals surface area contributed by atoms with E-state index in [-0.39, 0.29) is 35.1 Å². The van der Waals surface area contributed by atoms with Crippen LogP contribution in [0.4, 0.5) is 13.2 Å². The highest BCUT2D eigenvalue weighted by atomic mass is 32.2. The Hall–Kier alpha value is -2.14. The number of hydrogen-bond donors (Lipinski definition) is 0. The van der Waals surface area contributed by atoms with E-state index >= 15 is 0 Å². The number of amides is 1. The van der Waals surface area contributed by atoms with Crippen LogP contribution < -0.4 is 0 Å². The highest BCUT2D eigenvalue weighted by Crippen LogP contribution is 2.23. The molecule has 0 fully saturated rings. The van der Waals surface area contributed by atoms with Crippen LogP contribution in [0.2, 0.25) is 0 Å². The van der Waals surface area contributed by atoms with Gasteiger partial charge in [-0.15, -0.1) is 0 Å². The average Bonchev–Trinajstić information content (AvgIpc) is 2.60. The van der Waals surface area contributed by atoms with Gasteiger partial charge in [0, 0.05) is 18.7 Å². The summed E-state index contributed by atoms with van der Waals surface area (Å²) in [7, 11) is -3.93. The number of esters is 1. The second-order valence-corrected chi connectivity index (χ2v) is 8.06. The van der Waals surface area contributed by atoms with Crippen molar-refractivity contribution in [1.29, 1.82) is 0 Å². The van der Waals surface area contributed by atoms with Gasteiger partial charge in [0.1, 0.15) is 13.1 Å². The molecular formula is C18H25F3N2O5S. The predicted molar refractivity (Wildman–Crippen MR) is 99.9 cm³/mol. The van der Waals surface area contributed by atoms with Crippen LogP contribution in [0.1, 0.15) is 36.7 Å². The first-order valence-corrected chi connectivity index (χ1v) is 10.4. The minimum Gasteiger partial charge on any atom is -0.465 e. The van der Waals surface area contributed by atoms with Gasteiger partial charge in [0.25, 0.3) is 5.91 Å². The minimum atomic E-state index is -4.75. The third-order valence-electron chi connectivity index (χ3n) is 4.04. The zero-order chi connectivity index (χ0) is 22.4. The van der Waals surface area contributed by atoms with Gasteiger partial charge < -0.3 is 9.64 Å². The Morgan fingerprint density at radius 3 is 2.17 bits per heavy atom. The molecule has 1 rings (SSSR count). The second-order valence-electron chi connectivity index (χ2n) is 6.15. The Kier molecular flexibility index (Phi) is 8.64. The van der Waals surface area contributed by atoms with E-state index in [9.17, 15) is 31.2 Å². The Morgan fingerprint density at radius 1 is 1.10 bits per heavy atom. The van der Waals surface area contributed by atoms with Gasteiger partial charge >= 0.3 is 12.1 Å². The van der Waals surface area contributed by atoms with E-state index in [4.69, 9.17) is 0 Å². The monoisotopic (exact) mass is 438 g/mol. The van der Waals surface area contributed by atoms with Gasteiger partial charge in [-0.1, -0.05) is 19.9 Å². The summed E-state index contributed by atoms with van der Waals surface area (Å²) in [6.07, 6.45) is -4.75. The Morgan fingerprint density at radius 2 is 1.69 bits per heavy atom. The molecule has 0 aliphatic carbocycles. The fraction of sp³-hybridized carbons (Fsp3) is 0.556. The fourth-order valence-electron chi connectivity index (χ4n) is 2.67. The molecule has 0 saturated heterocycles. The van der Waals surface area contributed by atoms with Gasteiger partial charge in [-0.3, -0.25) is 9.59 Å². The Bertz CT molecular complexity index is 836. The van der Waals surface area contributed by atoms with Gasteiger partial charge in [0.05, 0.1) is 11.5 Å². The van der Waals surface area contributed by atoms with Crippen molar-refractivity contribution in [3.05, 3.63) is 29.3 Å². The quantitative estimate of drug-likeness (QED) is 0.554. The summed E-state index contributed by atoms with van der Waals surface area (Å²) in [6, 6.07) is 3.62. The molecule has 164 valence electrons. The fourth-order valence-corrected chi connectivity index (χ4v) is 4.38. The van der Waals surface area contributed by atoms with E-state index in [2.05, 4.69) is 4.74 Å². The van der Waals surface area contributed by atoms with Gasteiger partial charge in [-0.25, -0.2) is 8.42 Å². The summed E-state index contributed by atoms with van der Waals surface area (Å²) in [5, 5.41) is 0. The van der Waals surface area contributed by atoms with Crippen LogP contribution >= 0.6 is 0 Å². The van der Waals surface area contributed by atoms with Crippen LogP contribution in [-0.4, -0.2) is 68.5 Å². The standard InChI is InChI=1S/C18H25F3N2O5S/c1-5-23(6-2)29(26,27)15-10-14(9-8-13(15)4)17(25)22(12-18(19,20)21)11-16(24)28-7-3/h8-10H,5-7,11-12H2,1-4H3. The SMILES string of the molecule is CCOC(=O)CN(CC(F)(F)F)C(=O)c1ccc(C)c(S(=O)(=O)N(CC)CC)c1. The predicted octanol–water partition coefficient (Wildman–Crippen LogP) is 2.59. The summed E-state index contributed by atoms with van der Waals surface area (Å²) < 4.78 is 70.1. The van der Waals surface area contributed by atoms with E-state index in [1.54, 1.807) is 13.8 Å². The van der Waals surface area contributed by atoms with Crippen molar-refractivity contribution >= 4 is 21.9 Å². The van der Waals surface area contributed by atoms with E-state index < -0.39 is 41.2 Å². The molecule has 0 unspecified atom stereocenters. The lowest BCUT2D eigenvalue weighted by Crippen LogP contribution is -2.42. The number of rotatable bonds is 9. The topological polar surface area (TPSA) is 84.0 Å². The number of sulfonamides is 1. The minimum absolute atomic E-state index is 0.0519. The maximum Gasteiger partial charge on any atom is 0.406 e. The number of aryl methyl sites for hydroxylation is 1. The molecular weight excluding hydrogens is 413 g/mol. The molecule has 0 N–H and O–H groups in total. The lowest BCUT2D eigenvalue weighted by Gasteiger charge is -2.24. The van der Waals surface area contributed by atoms with E-state index in [1.165, 1.54) is 30.3 Å². The maximum absolute atomic E-state index is 12.9. The molecule has 0 aliphatic rings. The first-order chi connectivity index (χ1) is 13.4. The van der Waals surface area contributed by atoms with E-state index in [1.807, 2.05) is 0 Å². The normalized spacial score (nSPS) is 12.1. The van der Waals surface area contributed by atoms with Crippen molar-refractivity contribution in [2.24, 2.45) is 0 Å². The van der Waals surface area contributed by atoms with Crippen molar-refractivity contribution < 1.29 is 35.9 Å². The molecule has 11 heteroatoms. The second kappa shape index (κ2) is 10.1. The highest BCUT2D eigenvalue weighted by Gasteiger charge is 2.35. The molecule has 29 heavy (non-hydrogen) atoms. The average molecular weight is 438 g/mol. The molecule has 0 atom stereocenters. The molecule has 1 amide bonds. The number of carbonyl (C=O) groups is 2. The van der Waals surface area contributed by atoms with Crippen LogP contribution in [0.15, 0.2) is 23.1 Å². The van der Waals surface area contributed by atoms with Crippen LogP contribution in [-0.2, 0) is 19.6 Å². The largest absolute Gasteiger partial charge is 0.465 e. The molecule has 0 saturated carbocycles. The zero-order valence-corrected chi connectivity index (χ0v) is 17.6. The molecule has 1 aromatic carbocycles. The lowest BCUT2D eigenvalue weighted by molar-refractivity contribution is -0.153. The van der Waals surface area contributed by atoms with Gasteiger partial charge in [-0.05, 0) is 31.5 Å². The van der Waals surface area contributed by atoms with Crippen molar-refractivity contribution in [2.75, 3.05) is 32.8 Å². The van der Waals surface area contributed by atoms with Crippen molar-refractivity contribution in [3.63, 3.8) is 0 Å². The number of carbonyl (C=O) groups excluding carboxylic acids is 2. The summed E-state index contributed by atoms with van der Waals surface area (Å²) in [5.41, 5.74) is 0.0797. The van der Waals surface area contributed by atoms with Crippen molar-refractivity contribution in [1.82, 2.24) is 9.21 Å². The molecule has 0 aliphatic heterocycles. The molecule has 0 bridgehead atoms. The zero-order valence-electron chi connectivity index (χ0n) is 16.7. The summed E-state index contributed by atoms with van der Waals surface area (Å²) in [5.74, 6) is -2.11. The lowest BCUT2D eigenvalue weighted by atomic mass is 10.1.